The first kappa shape index (κ1) is 14.8. The summed E-state index contributed by atoms with van der Waals surface area (Å²) in [6.07, 6.45) is 5.93. The van der Waals surface area contributed by atoms with Crippen LogP contribution in [0.15, 0.2) is 18.2 Å². The van der Waals surface area contributed by atoms with Gasteiger partial charge in [-0.15, -0.1) is 11.3 Å². The van der Waals surface area contributed by atoms with E-state index in [1.165, 1.54) is 12.0 Å². The van der Waals surface area contributed by atoms with E-state index in [4.69, 9.17) is 4.74 Å². The van der Waals surface area contributed by atoms with Crippen LogP contribution < -0.4 is 0 Å². The Bertz CT molecular complexity index is 521. The van der Waals surface area contributed by atoms with Crippen LogP contribution in [0.1, 0.15) is 29.0 Å². The summed E-state index contributed by atoms with van der Waals surface area (Å²) in [6, 6.07) is 3.57. The number of esters is 1. The molecule has 108 valence electrons. The molecule has 2 heterocycles. The van der Waals surface area contributed by atoms with Gasteiger partial charge in [0.2, 0.25) is 5.91 Å². The van der Waals surface area contributed by atoms with Crippen LogP contribution in [-0.4, -0.2) is 36.5 Å². The Balaban J connectivity index is 2.06. The Morgan fingerprint density at radius 2 is 2.20 bits per heavy atom. The lowest BCUT2D eigenvalue weighted by Crippen LogP contribution is -2.47. The van der Waals surface area contributed by atoms with Gasteiger partial charge in [-0.1, -0.05) is 0 Å². The molecule has 0 N–H and O–H groups in total. The van der Waals surface area contributed by atoms with Crippen LogP contribution in [0.4, 0.5) is 0 Å². The number of rotatable bonds is 3. The minimum atomic E-state index is -0.434. The second-order valence-corrected chi connectivity index (χ2v) is 6.17. The molecule has 2 rings (SSSR count). The van der Waals surface area contributed by atoms with Crippen LogP contribution in [0.3, 0.4) is 0 Å². The number of aryl methyl sites for hydroxylation is 1. The molecule has 1 aromatic heterocycles. The van der Waals surface area contributed by atoms with Gasteiger partial charge < -0.3 is 9.64 Å². The summed E-state index contributed by atoms with van der Waals surface area (Å²) in [7, 11) is 1.36. The summed E-state index contributed by atoms with van der Waals surface area (Å²) in [6.45, 7) is 2.65. The van der Waals surface area contributed by atoms with Crippen LogP contribution in [0.25, 0.3) is 6.08 Å². The van der Waals surface area contributed by atoms with Crippen molar-refractivity contribution in [1.82, 2.24) is 4.90 Å². The lowest BCUT2D eigenvalue weighted by atomic mass is 10.0. The van der Waals surface area contributed by atoms with Gasteiger partial charge in [-0.05, 0) is 44.4 Å². The molecule has 1 atom stereocenters. The quantitative estimate of drug-likeness (QED) is 0.636. The Hall–Kier alpha value is -1.62. The average Bonchev–Trinajstić information content (AvgIpc) is 2.89. The standard InChI is InChI=1S/C15H19NO3S/c1-11-6-7-12(20-11)8-9-14(17)16-10-4-3-5-13(16)15(18)19-2/h6-9,13H,3-5,10H2,1-2H3/b9-8+/t13-/m1/s1. The van der Waals surface area contributed by atoms with E-state index >= 15 is 0 Å². The number of likely N-dealkylation sites (tertiary alicyclic amines) is 1. The van der Waals surface area contributed by atoms with Crippen molar-refractivity contribution >= 4 is 29.3 Å². The molecular formula is C15H19NO3S. The van der Waals surface area contributed by atoms with Crippen molar-refractivity contribution in [2.75, 3.05) is 13.7 Å². The van der Waals surface area contributed by atoms with E-state index in [2.05, 4.69) is 0 Å². The number of carbonyl (C=O) groups excluding carboxylic acids is 2. The average molecular weight is 293 g/mol. The molecule has 0 bridgehead atoms. The van der Waals surface area contributed by atoms with Gasteiger partial charge in [-0.3, -0.25) is 4.79 Å². The molecule has 0 aromatic carbocycles. The number of methoxy groups -OCH3 is 1. The fraction of sp³-hybridized carbons (Fsp3) is 0.467. The lowest BCUT2D eigenvalue weighted by Gasteiger charge is -2.32. The number of hydrogen-bond acceptors (Lipinski definition) is 4. The maximum Gasteiger partial charge on any atom is 0.328 e. The zero-order valence-electron chi connectivity index (χ0n) is 11.8. The van der Waals surface area contributed by atoms with E-state index in [1.54, 1.807) is 22.3 Å². The lowest BCUT2D eigenvalue weighted by molar-refractivity contribution is -0.153. The Labute approximate surface area is 123 Å². The van der Waals surface area contributed by atoms with E-state index in [9.17, 15) is 9.59 Å². The predicted octanol–water partition coefficient (Wildman–Crippen LogP) is 2.62. The molecule has 20 heavy (non-hydrogen) atoms. The summed E-state index contributed by atoms with van der Waals surface area (Å²) in [5.41, 5.74) is 0. The van der Waals surface area contributed by atoms with Crippen LogP contribution in [0.5, 0.6) is 0 Å². The van der Waals surface area contributed by atoms with Crippen molar-refractivity contribution in [2.45, 2.75) is 32.2 Å². The Kier molecular flexibility index (Phi) is 4.95. The first-order valence-corrected chi connectivity index (χ1v) is 7.56. The topological polar surface area (TPSA) is 46.6 Å². The molecule has 1 amide bonds. The molecular weight excluding hydrogens is 274 g/mol. The molecule has 0 saturated carbocycles. The zero-order chi connectivity index (χ0) is 14.5. The molecule has 4 nitrogen and oxygen atoms in total. The van der Waals surface area contributed by atoms with Gasteiger partial charge in [0.05, 0.1) is 7.11 Å². The third-order valence-corrected chi connectivity index (χ3v) is 4.38. The summed E-state index contributed by atoms with van der Waals surface area (Å²) >= 11 is 1.64. The summed E-state index contributed by atoms with van der Waals surface area (Å²) in [5, 5.41) is 0. The van der Waals surface area contributed by atoms with Crippen molar-refractivity contribution in [1.29, 1.82) is 0 Å². The van der Waals surface area contributed by atoms with Gasteiger partial charge in [0.25, 0.3) is 0 Å². The number of hydrogen-bond donors (Lipinski definition) is 0. The van der Waals surface area contributed by atoms with Gasteiger partial charge in [0.1, 0.15) is 6.04 Å². The molecule has 1 saturated heterocycles. The SMILES string of the molecule is COC(=O)[C@H]1CCCCN1C(=O)/C=C/c1ccc(C)s1. The molecule has 1 aliphatic heterocycles. The summed E-state index contributed by atoms with van der Waals surface area (Å²) in [4.78, 5) is 27.8. The maximum absolute atomic E-state index is 12.2. The first-order chi connectivity index (χ1) is 9.61. The van der Waals surface area contributed by atoms with Crippen LogP contribution in [0.2, 0.25) is 0 Å². The molecule has 1 fully saturated rings. The predicted molar refractivity (Wildman–Crippen MR) is 79.5 cm³/mol. The van der Waals surface area contributed by atoms with E-state index in [0.717, 1.165) is 17.7 Å². The third kappa shape index (κ3) is 3.48. The smallest absolute Gasteiger partial charge is 0.328 e. The number of ether oxygens (including phenoxy) is 1. The van der Waals surface area contributed by atoms with Gasteiger partial charge in [-0.25, -0.2) is 4.79 Å². The monoisotopic (exact) mass is 293 g/mol. The maximum atomic E-state index is 12.2. The number of thiophene rings is 1. The Morgan fingerprint density at radius 3 is 2.85 bits per heavy atom. The van der Waals surface area contributed by atoms with Crippen molar-refractivity contribution in [2.24, 2.45) is 0 Å². The minimum absolute atomic E-state index is 0.119. The number of amides is 1. The van der Waals surface area contributed by atoms with E-state index in [0.29, 0.717) is 13.0 Å². The Morgan fingerprint density at radius 1 is 1.40 bits per heavy atom. The number of carbonyl (C=O) groups is 2. The fourth-order valence-corrected chi connectivity index (χ4v) is 3.15. The highest BCUT2D eigenvalue weighted by Crippen LogP contribution is 2.20. The van der Waals surface area contributed by atoms with Crippen molar-refractivity contribution < 1.29 is 14.3 Å². The van der Waals surface area contributed by atoms with E-state index in [-0.39, 0.29) is 11.9 Å². The van der Waals surface area contributed by atoms with Gasteiger partial charge >= 0.3 is 5.97 Å². The zero-order valence-corrected chi connectivity index (χ0v) is 12.6. The van der Waals surface area contributed by atoms with Gasteiger partial charge in [-0.2, -0.15) is 0 Å². The molecule has 0 unspecified atom stereocenters. The van der Waals surface area contributed by atoms with Crippen LogP contribution in [0, 0.1) is 6.92 Å². The molecule has 0 radical (unpaired) electrons. The van der Waals surface area contributed by atoms with Crippen LogP contribution >= 0.6 is 11.3 Å². The number of piperidine rings is 1. The second kappa shape index (κ2) is 6.70. The molecule has 0 aliphatic carbocycles. The number of nitrogens with zero attached hydrogens (tertiary/aromatic N) is 1. The van der Waals surface area contributed by atoms with E-state index < -0.39 is 6.04 Å². The minimum Gasteiger partial charge on any atom is -0.467 e. The van der Waals surface area contributed by atoms with Gasteiger partial charge in [0, 0.05) is 22.4 Å². The fourth-order valence-electron chi connectivity index (χ4n) is 2.37. The van der Waals surface area contributed by atoms with Crippen LogP contribution in [-0.2, 0) is 14.3 Å². The molecule has 0 spiro atoms. The van der Waals surface area contributed by atoms with Crippen molar-refractivity contribution in [3.05, 3.63) is 28.0 Å². The van der Waals surface area contributed by atoms with E-state index in [1.807, 2.05) is 25.1 Å². The summed E-state index contributed by atoms with van der Waals surface area (Å²) in [5.74, 6) is -0.440. The second-order valence-electron chi connectivity index (χ2n) is 4.85. The normalized spacial score (nSPS) is 19.3. The third-order valence-electron chi connectivity index (χ3n) is 3.41. The molecule has 1 aromatic rings. The molecule has 1 aliphatic rings. The highest BCUT2D eigenvalue weighted by molar-refractivity contribution is 7.12. The van der Waals surface area contributed by atoms with Gasteiger partial charge in [0.15, 0.2) is 0 Å². The van der Waals surface area contributed by atoms with Crippen molar-refractivity contribution in [3.8, 4) is 0 Å². The largest absolute Gasteiger partial charge is 0.467 e. The molecule has 5 heteroatoms. The highest BCUT2D eigenvalue weighted by Gasteiger charge is 2.31. The first-order valence-electron chi connectivity index (χ1n) is 6.75. The van der Waals surface area contributed by atoms with Crippen molar-refractivity contribution in [3.63, 3.8) is 0 Å². The highest BCUT2D eigenvalue weighted by atomic mass is 32.1. The summed E-state index contributed by atoms with van der Waals surface area (Å²) < 4.78 is 4.78.